The van der Waals surface area contributed by atoms with E-state index >= 15 is 0 Å². The molecular weight excluding hydrogens is 341 g/mol. The Balaban J connectivity index is 1.50. The Labute approximate surface area is 159 Å². The molecule has 0 saturated heterocycles. The Hall–Kier alpha value is -2.27. The van der Waals surface area contributed by atoms with E-state index in [2.05, 4.69) is 15.6 Å². The lowest BCUT2D eigenvalue weighted by atomic mass is 9.80. The Morgan fingerprint density at radius 1 is 1.22 bits per heavy atom. The Morgan fingerprint density at radius 3 is 2.70 bits per heavy atom. The van der Waals surface area contributed by atoms with Crippen LogP contribution in [0.1, 0.15) is 49.8 Å². The van der Waals surface area contributed by atoms with Gasteiger partial charge < -0.3 is 10.6 Å². The predicted octanol–water partition coefficient (Wildman–Crippen LogP) is 4.45. The minimum absolute atomic E-state index is 0.0246. The van der Waals surface area contributed by atoms with Crippen LogP contribution in [0.2, 0.25) is 0 Å². The molecule has 2 N–H and O–H groups in total. The van der Waals surface area contributed by atoms with Crippen molar-refractivity contribution in [3.05, 3.63) is 59.5 Å². The predicted molar refractivity (Wildman–Crippen MR) is 103 cm³/mol. The summed E-state index contributed by atoms with van der Waals surface area (Å²) in [5.74, 6) is 2.29. The number of carbonyl (C=O) groups is 1. The summed E-state index contributed by atoms with van der Waals surface area (Å²) >= 11 is 0. The minimum Gasteiger partial charge on any atom is -0.311 e. The molecule has 27 heavy (non-hydrogen) atoms. The molecule has 5 heteroatoms. The van der Waals surface area contributed by atoms with Crippen LogP contribution in [0.25, 0.3) is 0 Å². The molecule has 2 aromatic rings. The molecule has 1 aromatic carbocycles. The summed E-state index contributed by atoms with van der Waals surface area (Å²) in [6.45, 7) is 2.09. The number of nitrogens with zero attached hydrogens (tertiary/aromatic N) is 1. The maximum absolute atomic E-state index is 14.5. The van der Waals surface area contributed by atoms with Crippen LogP contribution in [0.3, 0.4) is 0 Å². The molecule has 142 valence electrons. The van der Waals surface area contributed by atoms with Gasteiger partial charge in [-0.1, -0.05) is 30.7 Å². The van der Waals surface area contributed by atoms with Gasteiger partial charge in [0.05, 0.1) is 0 Å². The molecule has 1 aromatic heterocycles. The Kier molecular flexibility index (Phi) is 5.21. The summed E-state index contributed by atoms with van der Waals surface area (Å²) in [5, 5.41) is 6.29. The summed E-state index contributed by atoms with van der Waals surface area (Å²) in [6, 6.07) is 10.9. The molecule has 2 bridgehead atoms. The van der Waals surface area contributed by atoms with E-state index < -0.39 is 0 Å². The molecule has 4 rings (SSSR count). The number of anilines is 1. The van der Waals surface area contributed by atoms with Gasteiger partial charge in [-0.15, -0.1) is 0 Å². The number of pyridine rings is 1. The third-order valence-electron chi connectivity index (χ3n) is 6.12. The molecule has 0 aliphatic heterocycles. The second-order valence-electron chi connectivity index (χ2n) is 7.95. The van der Waals surface area contributed by atoms with E-state index in [4.69, 9.17) is 0 Å². The van der Waals surface area contributed by atoms with Crippen molar-refractivity contribution in [3.8, 4) is 0 Å². The fourth-order valence-corrected chi connectivity index (χ4v) is 4.93. The molecule has 1 heterocycles. The van der Waals surface area contributed by atoms with Crippen LogP contribution in [0.15, 0.2) is 42.6 Å². The second-order valence-corrected chi connectivity index (χ2v) is 7.95. The van der Waals surface area contributed by atoms with E-state index in [0.717, 1.165) is 17.0 Å². The van der Waals surface area contributed by atoms with Crippen LogP contribution in [-0.2, 0) is 11.3 Å². The molecule has 0 unspecified atom stereocenters. The lowest BCUT2D eigenvalue weighted by molar-refractivity contribution is -0.114. The molecular formula is C22H26FN3O. The van der Waals surface area contributed by atoms with Crippen molar-refractivity contribution in [3.63, 3.8) is 0 Å². The average molecular weight is 367 g/mol. The van der Waals surface area contributed by atoms with Crippen LogP contribution >= 0.6 is 0 Å². The number of fused-ring (bicyclic) bond motifs is 2. The molecule has 2 fully saturated rings. The number of aromatic nitrogens is 1. The smallest absolute Gasteiger partial charge is 0.222 e. The topological polar surface area (TPSA) is 54.0 Å². The third kappa shape index (κ3) is 4.03. The quantitative estimate of drug-likeness (QED) is 0.793. The highest BCUT2D eigenvalue weighted by Gasteiger charge is 2.43. The number of hydrogen-bond acceptors (Lipinski definition) is 3. The Bertz CT molecular complexity index is 807. The molecule has 4 nitrogen and oxygen atoms in total. The van der Waals surface area contributed by atoms with Crippen molar-refractivity contribution in [2.24, 2.45) is 17.8 Å². The lowest BCUT2D eigenvalue weighted by Crippen LogP contribution is -2.32. The van der Waals surface area contributed by atoms with Crippen molar-refractivity contribution < 1.29 is 9.18 Å². The number of hydrogen-bond donors (Lipinski definition) is 2. The molecule has 2 saturated carbocycles. The normalized spacial score (nSPS) is 24.7. The van der Waals surface area contributed by atoms with Gasteiger partial charge >= 0.3 is 0 Å². The van der Waals surface area contributed by atoms with E-state index in [1.807, 2.05) is 18.2 Å². The zero-order chi connectivity index (χ0) is 18.8. The van der Waals surface area contributed by atoms with Crippen LogP contribution in [0.5, 0.6) is 0 Å². The van der Waals surface area contributed by atoms with Crippen molar-refractivity contribution in [1.82, 2.24) is 10.3 Å². The molecule has 0 radical (unpaired) electrons. The van der Waals surface area contributed by atoms with Crippen molar-refractivity contribution >= 4 is 11.7 Å². The SMILES string of the molecule is CC(=O)Nc1ccc(CN[C@H](c2ccccc2F)[C@@H]2C[C@H]3CC[C@H]2C3)cn1. The first-order valence-electron chi connectivity index (χ1n) is 9.80. The lowest BCUT2D eigenvalue weighted by Gasteiger charge is -2.32. The first kappa shape index (κ1) is 18.1. The van der Waals surface area contributed by atoms with Gasteiger partial charge in [0.2, 0.25) is 5.91 Å². The number of rotatable bonds is 6. The van der Waals surface area contributed by atoms with E-state index in [1.54, 1.807) is 24.4 Å². The van der Waals surface area contributed by atoms with Gasteiger partial charge in [-0.3, -0.25) is 4.79 Å². The highest BCUT2D eigenvalue weighted by Crippen LogP contribution is 2.52. The fourth-order valence-electron chi connectivity index (χ4n) is 4.93. The average Bonchev–Trinajstić information content (AvgIpc) is 3.28. The number of amides is 1. The summed E-state index contributed by atoms with van der Waals surface area (Å²) in [4.78, 5) is 15.4. The zero-order valence-corrected chi connectivity index (χ0v) is 15.6. The summed E-state index contributed by atoms with van der Waals surface area (Å²) in [5.41, 5.74) is 1.80. The zero-order valence-electron chi connectivity index (χ0n) is 15.6. The largest absolute Gasteiger partial charge is 0.311 e. The Morgan fingerprint density at radius 2 is 2.07 bits per heavy atom. The van der Waals surface area contributed by atoms with Gasteiger partial charge in [0, 0.05) is 31.3 Å². The first-order valence-corrected chi connectivity index (χ1v) is 9.80. The maximum Gasteiger partial charge on any atom is 0.222 e. The minimum atomic E-state index is -0.135. The van der Waals surface area contributed by atoms with Crippen LogP contribution in [0, 0.1) is 23.6 Å². The van der Waals surface area contributed by atoms with Crippen molar-refractivity contribution in [2.45, 2.75) is 45.2 Å². The summed E-state index contributed by atoms with van der Waals surface area (Å²) in [6.07, 6.45) is 6.85. The summed E-state index contributed by atoms with van der Waals surface area (Å²) in [7, 11) is 0. The van der Waals surface area contributed by atoms with Gasteiger partial charge in [0.15, 0.2) is 0 Å². The summed E-state index contributed by atoms with van der Waals surface area (Å²) < 4.78 is 14.5. The monoisotopic (exact) mass is 367 g/mol. The van der Waals surface area contributed by atoms with Crippen molar-refractivity contribution in [2.75, 3.05) is 5.32 Å². The molecule has 0 spiro atoms. The molecule has 1 amide bonds. The van der Waals surface area contributed by atoms with E-state index in [1.165, 1.54) is 32.6 Å². The fraction of sp³-hybridized carbons (Fsp3) is 0.455. The first-order chi connectivity index (χ1) is 13.1. The number of benzene rings is 1. The van der Waals surface area contributed by atoms with Crippen LogP contribution in [0.4, 0.5) is 10.2 Å². The maximum atomic E-state index is 14.5. The molecule has 2 aliphatic carbocycles. The van der Waals surface area contributed by atoms with Crippen LogP contribution < -0.4 is 10.6 Å². The second kappa shape index (κ2) is 7.77. The number of halogens is 1. The van der Waals surface area contributed by atoms with Crippen molar-refractivity contribution in [1.29, 1.82) is 0 Å². The van der Waals surface area contributed by atoms with Gasteiger partial charge in [-0.25, -0.2) is 9.37 Å². The van der Waals surface area contributed by atoms with Gasteiger partial charge in [-0.2, -0.15) is 0 Å². The number of carbonyl (C=O) groups excluding carboxylic acids is 1. The number of nitrogens with one attached hydrogen (secondary N) is 2. The van der Waals surface area contributed by atoms with Crippen LogP contribution in [-0.4, -0.2) is 10.9 Å². The third-order valence-corrected chi connectivity index (χ3v) is 6.12. The van der Waals surface area contributed by atoms with E-state index in [0.29, 0.717) is 24.2 Å². The highest BCUT2D eigenvalue weighted by molar-refractivity contribution is 5.87. The van der Waals surface area contributed by atoms with E-state index in [-0.39, 0.29) is 17.8 Å². The van der Waals surface area contributed by atoms with Gasteiger partial charge in [0.1, 0.15) is 11.6 Å². The molecule has 4 atom stereocenters. The van der Waals surface area contributed by atoms with E-state index in [9.17, 15) is 9.18 Å². The molecule has 2 aliphatic rings. The van der Waals surface area contributed by atoms with Gasteiger partial charge in [-0.05, 0) is 54.7 Å². The standard InChI is InChI=1S/C22H26FN3O/c1-14(27)26-21-9-7-16(12-24-21)13-25-22(18-4-2-3-5-20(18)23)19-11-15-6-8-17(19)10-15/h2-5,7,9,12,15,17,19,22,25H,6,8,10-11,13H2,1H3,(H,24,26,27)/t15-,17-,19+,22+/m0/s1. The van der Waals surface area contributed by atoms with Gasteiger partial charge in [0.25, 0.3) is 0 Å². The highest BCUT2D eigenvalue weighted by atomic mass is 19.1.